The van der Waals surface area contributed by atoms with Gasteiger partial charge in [0.1, 0.15) is 0 Å². The maximum absolute atomic E-state index is 12.5. The number of carbonyl (C=O) groups excluding carboxylic acids is 1. The minimum absolute atomic E-state index is 0.0308. The lowest BCUT2D eigenvalue weighted by Gasteiger charge is -2.38. The van der Waals surface area contributed by atoms with Gasteiger partial charge in [-0.2, -0.15) is 0 Å². The highest BCUT2D eigenvalue weighted by Crippen LogP contribution is 2.21. The number of aryl methyl sites for hydroxylation is 1. The van der Waals surface area contributed by atoms with Gasteiger partial charge in [-0.15, -0.1) is 0 Å². The van der Waals surface area contributed by atoms with Gasteiger partial charge in [0.2, 0.25) is 0 Å². The number of carbonyl (C=O) groups is 1. The second kappa shape index (κ2) is 7.43. The van der Waals surface area contributed by atoms with E-state index < -0.39 is 6.10 Å². The van der Waals surface area contributed by atoms with E-state index in [1.807, 2.05) is 6.92 Å². The van der Waals surface area contributed by atoms with Gasteiger partial charge in [0.15, 0.2) is 0 Å². The maximum Gasteiger partial charge on any atom is 0.317 e. The Hall–Kier alpha value is -1.75. The van der Waals surface area contributed by atoms with Crippen LogP contribution in [0.25, 0.3) is 0 Å². The molecule has 2 aliphatic rings. The van der Waals surface area contributed by atoms with Crippen molar-refractivity contribution in [3.05, 3.63) is 29.8 Å². The van der Waals surface area contributed by atoms with E-state index in [0.717, 1.165) is 38.9 Å². The number of likely N-dealkylation sites (tertiary alicyclic amines) is 1. The van der Waals surface area contributed by atoms with Crippen LogP contribution in [0.1, 0.15) is 31.7 Å². The number of nitrogens with one attached hydrogen (secondary N) is 1. The maximum atomic E-state index is 12.5. The van der Waals surface area contributed by atoms with Gasteiger partial charge in [-0.25, -0.2) is 4.79 Å². The fraction of sp³-hybridized carbons (Fsp3) is 0.632. The van der Waals surface area contributed by atoms with Gasteiger partial charge in [-0.1, -0.05) is 24.6 Å². The molecule has 0 saturated carbocycles. The third-order valence-electron chi connectivity index (χ3n) is 5.35. The van der Waals surface area contributed by atoms with Crippen molar-refractivity contribution in [2.24, 2.45) is 5.92 Å². The minimum Gasteiger partial charge on any atom is -0.391 e. The average molecular weight is 331 g/mol. The summed E-state index contributed by atoms with van der Waals surface area (Å²) in [5.41, 5.74) is 2.49. The third-order valence-corrected chi connectivity index (χ3v) is 5.35. The minimum atomic E-state index is -0.403. The molecular weight excluding hydrogens is 302 g/mol. The van der Waals surface area contributed by atoms with Crippen LogP contribution in [0.4, 0.5) is 10.5 Å². The first-order chi connectivity index (χ1) is 11.5. The van der Waals surface area contributed by atoms with Gasteiger partial charge in [-0.3, -0.25) is 0 Å². The summed E-state index contributed by atoms with van der Waals surface area (Å²) in [6.07, 6.45) is 2.56. The van der Waals surface area contributed by atoms with Gasteiger partial charge in [0.05, 0.1) is 6.10 Å². The summed E-state index contributed by atoms with van der Waals surface area (Å²) in [7, 11) is 0. The number of aliphatic hydroxyl groups is 1. The first-order valence-corrected chi connectivity index (χ1v) is 9.08. The number of piperidine rings is 2. The first-order valence-electron chi connectivity index (χ1n) is 9.08. The summed E-state index contributed by atoms with van der Waals surface area (Å²) < 4.78 is 0. The summed E-state index contributed by atoms with van der Waals surface area (Å²) in [4.78, 5) is 16.6. The average Bonchev–Trinajstić information content (AvgIpc) is 2.58. The lowest BCUT2D eigenvalue weighted by Crippen LogP contribution is -2.55. The molecule has 2 amide bonds. The predicted molar refractivity (Wildman–Crippen MR) is 96.3 cm³/mol. The molecule has 1 aromatic carbocycles. The second-order valence-electron chi connectivity index (χ2n) is 7.35. The Morgan fingerprint density at radius 2 is 1.92 bits per heavy atom. The topological polar surface area (TPSA) is 55.8 Å². The molecule has 3 atom stereocenters. The summed E-state index contributed by atoms with van der Waals surface area (Å²) in [6, 6.07) is 8.71. The highest BCUT2D eigenvalue weighted by Gasteiger charge is 2.29. The molecule has 0 aliphatic carbocycles. The molecule has 3 rings (SSSR count). The smallest absolute Gasteiger partial charge is 0.317 e. The Morgan fingerprint density at radius 3 is 2.62 bits per heavy atom. The highest BCUT2D eigenvalue weighted by molar-refractivity contribution is 5.74. The second-order valence-corrected chi connectivity index (χ2v) is 7.35. The Balaban J connectivity index is 1.55. The van der Waals surface area contributed by atoms with Crippen LogP contribution in [0.15, 0.2) is 24.3 Å². The van der Waals surface area contributed by atoms with Crippen LogP contribution in [-0.4, -0.2) is 54.4 Å². The van der Waals surface area contributed by atoms with Crippen LogP contribution in [0.2, 0.25) is 0 Å². The van der Waals surface area contributed by atoms with Crippen LogP contribution < -0.4 is 10.2 Å². The number of rotatable bonds is 2. The van der Waals surface area contributed by atoms with Gasteiger partial charge < -0.3 is 20.2 Å². The number of hydrogen-bond donors (Lipinski definition) is 2. The standard InChI is InChI=1S/C19H29N3O2/c1-14-5-7-17(8-6-14)21-10-3-4-16(12-21)20-19(24)22-11-9-15(2)18(23)13-22/h5-8,15-16,18,23H,3-4,9-13H2,1-2H3,(H,20,24). The first kappa shape index (κ1) is 17.1. The molecular formula is C19H29N3O2. The summed E-state index contributed by atoms with van der Waals surface area (Å²) in [6.45, 7) is 7.20. The number of β-amino-alcohol motifs (C(OH)–C–C–N with tert-alkyl or cyclic N) is 1. The van der Waals surface area contributed by atoms with Crippen molar-refractivity contribution in [2.75, 3.05) is 31.1 Å². The van der Waals surface area contributed by atoms with Gasteiger partial charge in [0, 0.05) is 37.9 Å². The van der Waals surface area contributed by atoms with E-state index in [0.29, 0.717) is 6.54 Å². The van der Waals surface area contributed by atoms with Crippen LogP contribution in [0, 0.1) is 12.8 Å². The normalized spacial score (nSPS) is 27.9. The van der Waals surface area contributed by atoms with Crippen LogP contribution in [0.3, 0.4) is 0 Å². The molecule has 0 aromatic heterocycles. The SMILES string of the molecule is Cc1ccc(N2CCCC(NC(=O)N3CCC(C)C(O)C3)C2)cc1. The van der Waals surface area contributed by atoms with Crippen molar-refractivity contribution >= 4 is 11.7 Å². The van der Waals surface area contributed by atoms with Crippen LogP contribution in [-0.2, 0) is 0 Å². The highest BCUT2D eigenvalue weighted by atomic mass is 16.3. The molecule has 0 spiro atoms. The van der Waals surface area contributed by atoms with Crippen molar-refractivity contribution in [3.63, 3.8) is 0 Å². The number of benzene rings is 1. The zero-order valence-electron chi connectivity index (χ0n) is 14.7. The summed E-state index contributed by atoms with van der Waals surface area (Å²) >= 11 is 0. The molecule has 2 saturated heterocycles. The molecule has 132 valence electrons. The van der Waals surface area contributed by atoms with E-state index in [9.17, 15) is 9.90 Å². The molecule has 2 aliphatic heterocycles. The fourth-order valence-electron chi connectivity index (χ4n) is 3.58. The molecule has 0 bridgehead atoms. The largest absolute Gasteiger partial charge is 0.391 e. The Morgan fingerprint density at radius 1 is 1.17 bits per heavy atom. The van der Waals surface area contributed by atoms with E-state index in [4.69, 9.17) is 0 Å². The molecule has 24 heavy (non-hydrogen) atoms. The number of hydrogen-bond acceptors (Lipinski definition) is 3. The lowest BCUT2D eigenvalue weighted by molar-refractivity contribution is 0.0429. The monoisotopic (exact) mass is 331 g/mol. The molecule has 2 fully saturated rings. The molecule has 5 nitrogen and oxygen atoms in total. The van der Waals surface area contributed by atoms with Crippen molar-refractivity contribution in [3.8, 4) is 0 Å². The van der Waals surface area contributed by atoms with Gasteiger partial charge in [0.25, 0.3) is 0 Å². The fourth-order valence-corrected chi connectivity index (χ4v) is 3.58. The quantitative estimate of drug-likeness (QED) is 0.875. The Bertz CT molecular complexity index is 560. The third kappa shape index (κ3) is 4.01. The van der Waals surface area contributed by atoms with Gasteiger partial charge in [-0.05, 0) is 44.2 Å². The predicted octanol–water partition coefficient (Wildman–Crippen LogP) is 2.38. The molecule has 1 aromatic rings. The van der Waals surface area contributed by atoms with Crippen LogP contribution >= 0.6 is 0 Å². The van der Waals surface area contributed by atoms with Crippen molar-refractivity contribution in [1.82, 2.24) is 10.2 Å². The van der Waals surface area contributed by atoms with E-state index in [1.54, 1.807) is 4.90 Å². The zero-order valence-corrected chi connectivity index (χ0v) is 14.7. The number of amides is 2. The Kier molecular flexibility index (Phi) is 5.29. The van der Waals surface area contributed by atoms with E-state index in [1.165, 1.54) is 11.3 Å². The number of nitrogens with zero attached hydrogens (tertiary/aromatic N) is 2. The number of anilines is 1. The van der Waals surface area contributed by atoms with Crippen LogP contribution in [0.5, 0.6) is 0 Å². The number of aliphatic hydroxyl groups excluding tert-OH is 1. The van der Waals surface area contributed by atoms with Crippen molar-refractivity contribution < 1.29 is 9.90 Å². The summed E-state index contributed by atoms with van der Waals surface area (Å²) in [5, 5.41) is 13.2. The van der Waals surface area contributed by atoms with E-state index in [-0.39, 0.29) is 18.0 Å². The molecule has 3 unspecified atom stereocenters. The molecule has 5 heteroatoms. The molecule has 0 radical (unpaired) electrons. The molecule has 2 N–H and O–H groups in total. The zero-order chi connectivity index (χ0) is 17.1. The number of urea groups is 1. The van der Waals surface area contributed by atoms with Crippen molar-refractivity contribution in [1.29, 1.82) is 0 Å². The summed E-state index contributed by atoms with van der Waals surface area (Å²) in [5.74, 6) is 0.278. The van der Waals surface area contributed by atoms with E-state index in [2.05, 4.69) is 41.4 Å². The lowest BCUT2D eigenvalue weighted by atomic mass is 9.96. The Labute approximate surface area is 144 Å². The van der Waals surface area contributed by atoms with Gasteiger partial charge >= 0.3 is 6.03 Å². The molecule has 2 heterocycles. The van der Waals surface area contributed by atoms with E-state index >= 15 is 0 Å². The van der Waals surface area contributed by atoms with Crippen molar-refractivity contribution in [2.45, 2.75) is 45.3 Å².